The van der Waals surface area contributed by atoms with E-state index in [0.717, 1.165) is 25.7 Å². The Morgan fingerprint density at radius 3 is 1.58 bits per heavy atom. The van der Waals surface area contributed by atoms with Gasteiger partial charge in [-0.25, -0.2) is 0 Å². The van der Waals surface area contributed by atoms with Gasteiger partial charge < -0.3 is 10.6 Å². The summed E-state index contributed by atoms with van der Waals surface area (Å²) < 4.78 is 0. The highest BCUT2D eigenvalue weighted by molar-refractivity contribution is 5.94. The number of nitriles is 2. The van der Waals surface area contributed by atoms with Gasteiger partial charge in [-0.3, -0.25) is 14.5 Å². The van der Waals surface area contributed by atoms with Gasteiger partial charge in [0.2, 0.25) is 11.8 Å². The van der Waals surface area contributed by atoms with Gasteiger partial charge in [0.05, 0.1) is 36.4 Å². The highest BCUT2D eigenvalue weighted by Crippen LogP contribution is 2.23. The number of nitrogens with one attached hydrogen (secondary N) is 2. The second kappa shape index (κ2) is 10.9. The molecule has 1 saturated carbocycles. The monoisotopic (exact) mass is 415 g/mol. The zero-order chi connectivity index (χ0) is 22.1. The minimum absolute atomic E-state index is 0.117. The smallest absolute Gasteiger partial charge is 0.238 e. The van der Waals surface area contributed by atoms with Crippen molar-refractivity contribution in [1.82, 2.24) is 4.90 Å². The predicted molar refractivity (Wildman–Crippen MR) is 118 cm³/mol. The lowest BCUT2D eigenvalue weighted by Crippen LogP contribution is -2.45. The number of carbonyl (C=O) groups is 2. The number of rotatable bonds is 7. The van der Waals surface area contributed by atoms with Crippen LogP contribution in [-0.2, 0) is 9.59 Å². The van der Waals surface area contributed by atoms with Crippen LogP contribution < -0.4 is 10.6 Å². The summed E-state index contributed by atoms with van der Waals surface area (Å²) in [6, 6.07) is 17.7. The van der Waals surface area contributed by atoms with Crippen molar-refractivity contribution in [3.05, 3.63) is 59.7 Å². The van der Waals surface area contributed by atoms with Crippen molar-refractivity contribution in [2.45, 2.75) is 38.1 Å². The third-order valence-corrected chi connectivity index (χ3v) is 5.38. The molecule has 7 nitrogen and oxygen atoms in total. The van der Waals surface area contributed by atoms with E-state index in [9.17, 15) is 9.59 Å². The average molecular weight is 415 g/mol. The first-order valence-electron chi connectivity index (χ1n) is 10.4. The summed E-state index contributed by atoms with van der Waals surface area (Å²) in [4.78, 5) is 27.2. The summed E-state index contributed by atoms with van der Waals surface area (Å²) in [5.41, 5.74) is 2.30. The van der Waals surface area contributed by atoms with Crippen molar-refractivity contribution < 1.29 is 9.59 Å². The normalized spacial score (nSPS) is 13.8. The summed E-state index contributed by atoms with van der Waals surface area (Å²) in [7, 11) is 0. The van der Waals surface area contributed by atoms with E-state index in [1.807, 2.05) is 17.0 Å². The van der Waals surface area contributed by atoms with Gasteiger partial charge in [-0.05, 0) is 61.4 Å². The van der Waals surface area contributed by atoms with Crippen LogP contribution in [0.15, 0.2) is 48.5 Å². The molecule has 1 fully saturated rings. The van der Waals surface area contributed by atoms with E-state index in [-0.39, 0.29) is 30.9 Å². The van der Waals surface area contributed by atoms with Gasteiger partial charge in [-0.15, -0.1) is 0 Å². The molecule has 0 saturated heterocycles. The summed E-state index contributed by atoms with van der Waals surface area (Å²) in [5, 5.41) is 23.5. The van der Waals surface area contributed by atoms with Crippen LogP contribution in [0, 0.1) is 22.7 Å². The van der Waals surface area contributed by atoms with Gasteiger partial charge in [0, 0.05) is 17.4 Å². The number of benzene rings is 2. The molecule has 1 aliphatic carbocycles. The molecule has 0 spiro atoms. The molecule has 158 valence electrons. The molecule has 1 aliphatic rings. The molecule has 2 aromatic carbocycles. The number of hydrogen-bond acceptors (Lipinski definition) is 5. The van der Waals surface area contributed by atoms with Crippen LogP contribution in [0.3, 0.4) is 0 Å². The van der Waals surface area contributed by atoms with Crippen LogP contribution in [-0.4, -0.2) is 35.8 Å². The summed E-state index contributed by atoms with van der Waals surface area (Å²) >= 11 is 0. The maximum Gasteiger partial charge on any atom is 0.238 e. The molecule has 0 radical (unpaired) electrons. The van der Waals surface area contributed by atoms with Crippen molar-refractivity contribution >= 4 is 23.2 Å². The van der Waals surface area contributed by atoms with Gasteiger partial charge in [0.1, 0.15) is 0 Å². The molecule has 0 atom stereocenters. The van der Waals surface area contributed by atoms with Gasteiger partial charge in [-0.2, -0.15) is 10.5 Å². The molecule has 2 amide bonds. The highest BCUT2D eigenvalue weighted by Gasteiger charge is 2.25. The summed E-state index contributed by atoms with van der Waals surface area (Å²) in [5.74, 6) is -0.386. The fourth-order valence-corrected chi connectivity index (χ4v) is 3.79. The number of nitrogens with zero attached hydrogens (tertiary/aromatic N) is 3. The Labute approximate surface area is 182 Å². The third-order valence-electron chi connectivity index (χ3n) is 5.38. The maximum atomic E-state index is 12.7. The zero-order valence-electron chi connectivity index (χ0n) is 17.3. The first-order chi connectivity index (χ1) is 15.1. The van der Waals surface area contributed by atoms with Crippen LogP contribution >= 0.6 is 0 Å². The molecule has 0 aromatic heterocycles. The Morgan fingerprint density at radius 2 is 1.19 bits per heavy atom. The topological polar surface area (TPSA) is 109 Å². The van der Waals surface area contributed by atoms with E-state index < -0.39 is 0 Å². The molecule has 0 bridgehead atoms. The van der Waals surface area contributed by atoms with E-state index in [1.54, 1.807) is 48.5 Å². The lowest BCUT2D eigenvalue weighted by Gasteiger charge is -2.33. The number of hydrogen-bond donors (Lipinski definition) is 2. The Morgan fingerprint density at radius 1 is 0.774 bits per heavy atom. The lowest BCUT2D eigenvalue weighted by molar-refractivity contribution is -0.121. The molecular formula is C24H25N5O2. The predicted octanol–water partition coefficient (Wildman–Crippen LogP) is 3.64. The first kappa shape index (κ1) is 22.0. The number of amides is 2. The Balaban J connectivity index is 1.62. The SMILES string of the molecule is N#Cc1ccc(NC(=O)CN(CC(=O)Nc2ccc(C#N)cc2)C2CCCCC2)cc1. The van der Waals surface area contributed by atoms with Crippen molar-refractivity contribution in [2.75, 3.05) is 23.7 Å². The Hall–Kier alpha value is -3.68. The Bertz CT molecular complexity index is 907. The zero-order valence-corrected chi connectivity index (χ0v) is 17.3. The van der Waals surface area contributed by atoms with Crippen LogP contribution in [0.2, 0.25) is 0 Å². The van der Waals surface area contributed by atoms with Crippen LogP contribution in [0.1, 0.15) is 43.2 Å². The van der Waals surface area contributed by atoms with E-state index in [4.69, 9.17) is 10.5 Å². The molecule has 0 aliphatic heterocycles. The molecule has 31 heavy (non-hydrogen) atoms. The third kappa shape index (κ3) is 6.67. The largest absolute Gasteiger partial charge is 0.325 e. The van der Waals surface area contributed by atoms with E-state index >= 15 is 0 Å². The first-order valence-corrected chi connectivity index (χ1v) is 10.4. The second-order valence-electron chi connectivity index (χ2n) is 7.67. The number of anilines is 2. The van der Waals surface area contributed by atoms with Crippen molar-refractivity contribution in [1.29, 1.82) is 10.5 Å². The van der Waals surface area contributed by atoms with E-state index in [2.05, 4.69) is 10.6 Å². The van der Waals surface area contributed by atoms with E-state index in [1.165, 1.54) is 6.42 Å². The van der Waals surface area contributed by atoms with Gasteiger partial charge in [0.25, 0.3) is 0 Å². The van der Waals surface area contributed by atoms with Gasteiger partial charge >= 0.3 is 0 Å². The van der Waals surface area contributed by atoms with Crippen molar-refractivity contribution in [3.63, 3.8) is 0 Å². The quantitative estimate of drug-likeness (QED) is 0.717. The maximum absolute atomic E-state index is 12.7. The molecule has 2 N–H and O–H groups in total. The summed E-state index contributed by atoms with van der Waals surface area (Å²) in [6.07, 6.45) is 5.30. The molecule has 0 heterocycles. The van der Waals surface area contributed by atoms with Crippen LogP contribution in [0.5, 0.6) is 0 Å². The Kier molecular flexibility index (Phi) is 7.75. The van der Waals surface area contributed by atoms with Gasteiger partial charge in [0.15, 0.2) is 0 Å². The van der Waals surface area contributed by atoms with Crippen molar-refractivity contribution in [2.24, 2.45) is 0 Å². The molecule has 0 unspecified atom stereocenters. The minimum Gasteiger partial charge on any atom is -0.325 e. The average Bonchev–Trinajstić information content (AvgIpc) is 2.80. The van der Waals surface area contributed by atoms with Crippen LogP contribution in [0.4, 0.5) is 11.4 Å². The molecule has 3 rings (SSSR count). The van der Waals surface area contributed by atoms with Crippen molar-refractivity contribution in [3.8, 4) is 12.1 Å². The standard InChI is InChI=1S/C24H25N5O2/c25-14-18-6-10-20(11-7-18)27-23(30)16-29(22-4-2-1-3-5-22)17-24(31)28-21-12-8-19(15-26)9-13-21/h6-13,22H,1-5,16-17H2,(H,27,30)(H,28,31). The fraction of sp³-hybridized carbons (Fsp3) is 0.333. The minimum atomic E-state index is -0.193. The fourth-order valence-electron chi connectivity index (χ4n) is 3.79. The molecular weight excluding hydrogens is 390 g/mol. The summed E-state index contributed by atoms with van der Waals surface area (Å²) in [6.45, 7) is 0.233. The second-order valence-corrected chi connectivity index (χ2v) is 7.67. The van der Waals surface area contributed by atoms with Gasteiger partial charge in [-0.1, -0.05) is 19.3 Å². The van der Waals surface area contributed by atoms with Crippen LogP contribution in [0.25, 0.3) is 0 Å². The lowest BCUT2D eigenvalue weighted by atomic mass is 9.94. The highest BCUT2D eigenvalue weighted by atomic mass is 16.2. The number of carbonyl (C=O) groups excluding carboxylic acids is 2. The molecule has 7 heteroatoms. The van der Waals surface area contributed by atoms with E-state index in [0.29, 0.717) is 22.5 Å². The molecule has 2 aromatic rings.